The van der Waals surface area contributed by atoms with Crippen LogP contribution >= 0.6 is 24.0 Å². The predicted octanol–water partition coefficient (Wildman–Crippen LogP) is 2.89. The highest BCUT2D eigenvalue weighted by Crippen LogP contribution is 2.18. The lowest BCUT2D eigenvalue weighted by Gasteiger charge is -2.22. The van der Waals surface area contributed by atoms with Crippen LogP contribution in [-0.4, -0.2) is 49.1 Å². The van der Waals surface area contributed by atoms with E-state index in [4.69, 9.17) is 4.42 Å². The molecule has 5 nitrogen and oxygen atoms in total. The number of guanidine groups is 1. The van der Waals surface area contributed by atoms with E-state index < -0.39 is 0 Å². The van der Waals surface area contributed by atoms with Gasteiger partial charge in [-0.2, -0.15) is 0 Å². The topological polar surface area (TPSA) is 52.8 Å². The maximum Gasteiger partial charge on any atom is 0.191 e. The molecule has 1 aliphatic rings. The molecule has 2 rings (SSSR count). The summed E-state index contributed by atoms with van der Waals surface area (Å²) >= 11 is 0. The molecule has 0 saturated carbocycles. The van der Waals surface area contributed by atoms with E-state index in [1.807, 2.05) is 18.2 Å². The highest BCUT2D eigenvalue weighted by molar-refractivity contribution is 14.0. The van der Waals surface area contributed by atoms with Gasteiger partial charge < -0.3 is 15.1 Å². The van der Waals surface area contributed by atoms with Gasteiger partial charge in [0.25, 0.3) is 0 Å². The Bertz CT molecular complexity index is 501. The minimum atomic E-state index is 0. The number of likely N-dealkylation sites (tertiary alicyclic amines) is 1. The van der Waals surface area contributed by atoms with Crippen molar-refractivity contribution in [3.05, 3.63) is 36.8 Å². The molecule has 0 bridgehead atoms. The molecule has 1 saturated heterocycles. The van der Waals surface area contributed by atoms with Crippen molar-refractivity contribution in [2.75, 3.05) is 26.2 Å². The molecule has 0 amide bonds. The molecule has 2 N–H and O–H groups in total. The van der Waals surface area contributed by atoms with Crippen molar-refractivity contribution in [1.29, 1.82) is 0 Å². The average Bonchev–Trinajstić information content (AvgIpc) is 3.15. The first kappa shape index (κ1) is 21.0. The summed E-state index contributed by atoms with van der Waals surface area (Å²) in [5.41, 5.74) is 0. The summed E-state index contributed by atoms with van der Waals surface area (Å²) in [6.07, 6.45) is 4.36. The van der Waals surface area contributed by atoms with Gasteiger partial charge in [-0.25, -0.2) is 0 Å². The van der Waals surface area contributed by atoms with Crippen LogP contribution in [0.5, 0.6) is 0 Å². The number of hydrogen-bond acceptors (Lipinski definition) is 3. The summed E-state index contributed by atoms with van der Waals surface area (Å²) < 4.78 is 5.35. The zero-order valence-corrected chi connectivity index (χ0v) is 17.3. The zero-order valence-electron chi connectivity index (χ0n) is 15.0. The van der Waals surface area contributed by atoms with E-state index in [0.717, 1.165) is 31.2 Å². The van der Waals surface area contributed by atoms with E-state index in [1.54, 1.807) is 6.26 Å². The van der Waals surface area contributed by atoms with Crippen molar-refractivity contribution in [2.45, 2.75) is 39.3 Å². The average molecular weight is 446 g/mol. The predicted molar refractivity (Wildman–Crippen MR) is 111 cm³/mol. The molecular formula is C18H31IN4O. The van der Waals surface area contributed by atoms with Gasteiger partial charge in [0.15, 0.2) is 5.96 Å². The first-order chi connectivity index (χ1) is 11.1. The molecule has 1 aromatic rings. The number of nitrogens with zero attached hydrogens (tertiary/aromatic N) is 2. The van der Waals surface area contributed by atoms with E-state index >= 15 is 0 Å². The van der Waals surface area contributed by atoms with Crippen LogP contribution in [0.15, 0.2) is 40.5 Å². The third-order valence-electron chi connectivity index (χ3n) is 4.32. The van der Waals surface area contributed by atoms with Gasteiger partial charge in [-0.05, 0) is 31.9 Å². The first-order valence-corrected chi connectivity index (χ1v) is 8.52. The fraction of sp³-hybridized carbons (Fsp3) is 0.611. The first-order valence-electron chi connectivity index (χ1n) is 8.52. The van der Waals surface area contributed by atoms with E-state index in [2.05, 4.69) is 47.9 Å². The van der Waals surface area contributed by atoms with Crippen LogP contribution in [0, 0.1) is 5.92 Å². The number of aliphatic imine (C=N–C) groups is 1. The lowest BCUT2D eigenvalue weighted by atomic mass is 10.1. The number of halogens is 1. The maximum absolute atomic E-state index is 5.35. The Morgan fingerprint density at radius 1 is 1.50 bits per heavy atom. The molecule has 2 heterocycles. The molecule has 2 atom stereocenters. The maximum atomic E-state index is 5.35. The van der Waals surface area contributed by atoms with Crippen LogP contribution in [0.2, 0.25) is 0 Å². The SMILES string of the molecule is C=CCNC(=NCCc1ccco1)NC1CN(C(C)C)CC1C.I. The Hall–Kier alpha value is -1.02. The Balaban J connectivity index is 0.00000288. The van der Waals surface area contributed by atoms with Crippen molar-refractivity contribution < 1.29 is 4.42 Å². The van der Waals surface area contributed by atoms with Crippen molar-refractivity contribution in [3.8, 4) is 0 Å². The van der Waals surface area contributed by atoms with Gasteiger partial charge in [-0.1, -0.05) is 13.0 Å². The fourth-order valence-corrected chi connectivity index (χ4v) is 2.84. The lowest BCUT2D eigenvalue weighted by molar-refractivity contribution is 0.265. The molecule has 2 unspecified atom stereocenters. The summed E-state index contributed by atoms with van der Waals surface area (Å²) in [6, 6.07) is 4.91. The van der Waals surface area contributed by atoms with Crippen molar-refractivity contribution in [3.63, 3.8) is 0 Å². The fourth-order valence-electron chi connectivity index (χ4n) is 2.84. The molecule has 24 heavy (non-hydrogen) atoms. The molecule has 1 fully saturated rings. The molecule has 0 spiro atoms. The molecular weight excluding hydrogens is 415 g/mol. The molecule has 6 heteroatoms. The minimum absolute atomic E-state index is 0. The van der Waals surface area contributed by atoms with Crippen LogP contribution in [-0.2, 0) is 6.42 Å². The number of furan rings is 1. The smallest absolute Gasteiger partial charge is 0.191 e. The van der Waals surface area contributed by atoms with Gasteiger partial charge in [0.1, 0.15) is 5.76 Å². The highest BCUT2D eigenvalue weighted by atomic mass is 127. The van der Waals surface area contributed by atoms with Gasteiger partial charge >= 0.3 is 0 Å². The number of rotatable bonds is 7. The summed E-state index contributed by atoms with van der Waals surface area (Å²) in [7, 11) is 0. The third-order valence-corrected chi connectivity index (χ3v) is 4.32. The molecule has 0 aliphatic carbocycles. The second-order valence-electron chi connectivity index (χ2n) is 6.51. The summed E-state index contributed by atoms with van der Waals surface area (Å²) in [5, 5.41) is 6.90. The Morgan fingerprint density at radius 2 is 2.29 bits per heavy atom. The number of hydrogen-bond donors (Lipinski definition) is 2. The molecule has 136 valence electrons. The number of nitrogens with one attached hydrogen (secondary N) is 2. The summed E-state index contributed by atoms with van der Waals surface area (Å²) in [5.74, 6) is 2.44. The van der Waals surface area contributed by atoms with Crippen molar-refractivity contribution in [1.82, 2.24) is 15.5 Å². The van der Waals surface area contributed by atoms with E-state index in [9.17, 15) is 0 Å². The van der Waals surface area contributed by atoms with Crippen LogP contribution < -0.4 is 10.6 Å². The molecule has 0 aromatic carbocycles. The van der Waals surface area contributed by atoms with E-state index in [-0.39, 0.29) is 24.0 Å². The monoisotopic (exact) mass is 446 g/mol. The summed E-state index contributed by atoms with van der Waals surface area (Å²) in [6.45, 7) is 14.2. The van der Waals surface area contributed by atoms with Gasteiger partial charge in [-0.3, -0.25) is 9.89 Å². The van der Waals surface area contributed by atoms with Crippen molar-refractivity contribution >= 4 is 29.9 Å². The largest absolute Gasteiger partial charge is 0.469 e. The van der Waals surface area contributed by atoms with Crippen LogP contribution in [0.1, 0.15) is 26.5 Å². The minimum Gasteiger partial charge on any atom is -0.469 e. The molecule has 1 aliphatic heterocycles. The van der Waals surface area contributed by atoms with E-state index in [1.165, 1.54) is 0 Å². The van der Waals surface area contributed by atoms with Crippen LogP contribution in [0.25, 0.3) is 0 Å². The Morgan fingerprint density at radius 3 is 2.88 bits per heavy atom. The van der Waals surface area contributed by atoms with Gasteiger partial charge in [0.2, 0.25) is 0 Å². The zero-order chi connectivity index (χ0) is 16.7. The van der Waals surface area contributed by atoms with Gasteiger partial charge in [-0.15, -0.1) is 30.6 Å². The van der Waals surface area contributed by atoms with Crippen molar-refractivity contribution in [2.24, 2.45) is 10.9 Å². The van der Waals surface area contributed by atoms with Gasteiger partial charge in [0.05, 0.1) is 6.26 Å². The Kier molecular flexibility index (Phi) is 9.43. The van der Waals surface area contributed by atoms with Crippen LogP contribution in [0.4, 0.5) is 0 Å². The summed E-state index contributed by atoms with van der Waals surface area (Å²) in [4.78, 5) is 7.18. The highest BCUT2D eigenvalue weighted by Gasteiger charge is 2.31. The second kappa shape index (κ2) is 10.8. The third kappa shape index (κ3) is 6.47. The van der Waals surface area contributed by atoms with Gasteiger partial charge in [0, 0.05) is 44.7 Å². The molecule has 1 aromatic heterocycles. The van der Waals surface area contributed by atoms with Crippen LogP contribution in [0.3, 0.4) is 0 Å². The lowest BCUT2D eigenvalue weighted by Crippen LogP contribution is -2.47. The standard InChI is InChI=1S/C18H30N4O.HI/c1-5-9-19-18(20-10-8-16-7-6-11-23-16)21-17-13-22(14(2)3)12-15(17)4;/h5-7,11,14-15,17H,1,8-10,12-13H2,2-4H3,(H2,19,20,21);1H. The quantitative estimate of drug-likeness (QED) is 0.293. The Labute approximate surface area is 163 Å². The second-order valence-corrected chi connectivity index (χ2v) is 6.51. The van der Waals surface area contributed by atoms with E-state index in [0.29, 0.717) is 31.1 Å². The molecule has 0 radical (unpaired) electrons. The normalized spacial score (nSPS) is 21.6.